The van der Waals surface area contributed by atoms with Gasteiger partial charge in [-0.05, 0) is 53.9 Å². The zero-order valence-electron chi connectivity index (χ0n) is 17.1. The quantitative estimate of drug-likeness (QED) is 0.167. The largest absolute Gasteiger partial charge is 0.494 e. The van der Waals surface area contributed by atoms with E-state index in [0.717, 1.165) is 23.3 Å². The number of benzene rings is 3. The Hall–Kier alpha value is -3.58. The Labute approximate surface area is 177 Å². The van der Waals surface area contributed by atoms with Crippen molar-refractivity contribution in [2.24, 2.45) is 0 Å². The van der Waals surface area contributed by atoms with Gasteiger partial charge in [0.1, 0.15) is 11.5 Å². The summed E-state index contributed by atoms with van der Waals surface area (Å²) in [6.45, 7) is 9.89. The van der Waals surface area contributed by atoms with E-state index in [4.69, 9.17) is 16.0 Å². The van der Waals surface area contributed by atoms with Gasteiger partial charge >= 0.3 is 5.97 Å². The van der Waals surface area contributed by atoms with Crippen molar-refractivity contribution in [2.75, 3.05) is 6.61 Å². The van der Waals surface area contributed by atoms with Crippen LogP contribution in [-0.2, 0) is 0 Å². The van der Waals surface area contributed by atoms with Crippen LogP contribution in [0.3, 0.4) is 0 Å². The zero-order chi connectivity index (χ0) is 21.2. The predicted octanol–water partition coefficient (Wildman–Crippen LogP) is 7.08. The minimum absolute atomic E-state index is 0.404. The molecular weight excluding hydrogens is 374 g/mol. The van der Waals surface area contributed by atoms with E-state index in [0.29, 0.717) is 23.6 Å². The number of rotatable bonds is 9. The van der Waals surface area contributed by atoms with Crippen LogP contribution in [0.4, 0.5) is 5.69 Å². The SMILES string of the molecule is [C-]#[N+]c1ccc(-c2ccc(OC(=O)c3ccc(OCCCCCC)cc3)cc2)cc1. The molecule has 0 saturated heterocycles. The summed E-state index contributed by atoms with van der Waals surface area (Å²) in [5.41, 5.74) is 3.08. The minimum atomic E-state index is -0.404. The lowest BCUT2D eigenvalue weighted by molar-refractivity contribution is 0.0734. The van der Waals surface area contributed by atoms with E-state index in [9.17, 15) is 4.79 Å². The molecule has 0 atom stereocenters. The van der Waals surface area contributed by atoms with Gasteiger partial charge < -0.3 is 9.47 Å². The molecule has 4 nitrogen and oxygen atoms in total. The number of carbonyl (C=O) groups is 1. The summed E-state index contributed by atoms with van der Waals surface area (Å²) in [4.78, 5) is 15.8. The summed E-state index contributed by atoms with van der Waals surface area (Å²) < 4.78 is 11.2. The predicted molar refractivity (Wildman–Crippen MR) is 119 cm³/mol. The van der Waals surface area contributed by atoms with Gasteiger partial charge in [0.15, 0.2) is 5.69 Å². The van der Waals surface area contributed by atoms with Crippen molar-refractivity contribution in [3.63, 3.8) is 0 Å². The van der Waals surface area contributed by atoms with Gasteiger partial charge in [-0.1, -0.05) is 62.6 Å². The monoisotopic (exact) mass is 399 g/mol. The number of hydrogen-bond acceptors (Lipinski definition) is 3. The van der Waals surface area contributed by atoms with E-state index >= 15 is 0 Å². The second-order valence-electron chi connectivity index (χ2n) is 7.01. The molecule has 0 amide bonds. The summed E-state index contributed by atoms with van der Waals surface area (Å²) in [5, 5.41) is 0. The molecule has 0 fully saturated rings. The van der Waals surface area contributed by atoms with Crippen LogP contribution in [0.15, 0.2) is 72.8 Å². The standard InChI is InChI=1S/C26H25NO3/c1-3-4-5-6-19-29-24-15-11-22(12-16-24)26(28)30-25-17-9-21(10-18-25)20-7-13-23(27-2)14-8-20/h7-18H,3-6,19H2,1H3. The number of unbranched alkanes of at least 4 members (excludes halogenated alkanes) is 3. The third-order valence-electron chi connectivity index (χ3n) is 4.75. The second kappa shape index (κ2) is 10.8. The van der Waals surface area contributed by atoms with E-state index < -0.39 is 5.97 Å². The highest BCUT2D eigenvalue weighted by atomic mass is 16.5. The Morgan fingerprint density at radius 2 is 1.40 bits per heavy atom. The van der Waals surface area contributed by atoms with E-state index in [1.54, 1.807) is 48.5 Å². The van der Waals surface area contributed by atoms with Crippen LogP contribution >= 0.6 is 0 Å². The summed E-state index contributed by atoms with van der Waals surface area (Å²) >= 11 is 0. The van der Waals surface area contributed by atoms with Crippen LogP contribution in [-0.4, -0.2) is 12.6 Å². The molecule has 0 aromatic heterocycles. The molecule has 0 spiro atoms. The number of carbonyl (C=O) groups excluding carboxylic acids is 1. The molecule has 0 radical (unpaired) electrons. The van der Waals surface area contributed by atoms with Gasteiger partial charge in [0.2, 0.25) is 0 Å². The van der Waals surface area contributed by atoms with E-state index in [1.807, 2.05) is 24.3 Å². The smallest absolute Gasteiger partial charge is 0.343 e. The van der Waals surface area contributed by atoms with Gasteiger partial charge in [-0.15, -0.1) is 0 Å². The van der Waals surface area contributed by atoms with Crippen molar-refractivity contribution in [2.45, 2.75) is 32.6 Å². The summed E-state index contributed by atoms with van der Waals surface area (Å²) in [6, 6.07) is 21.7. The lowest BCUT2D eigenvalue weighted by Gasteiger charge is -2.08. The van der Waals surface area contributed by atoms with Gasteiger partial charge in [0.05, 0.1) is 18.7 Å². The highest BCUT2D eigenvalue weighted by Crippen LogP contribution is 2.25. The Balaban J connectivity index is 1.54. The van der Waals surface area contributed by atoms with Crippen LogP contribution in [0, 0.1) is 6.57 Å². The minimum Gasteiger partial charge on any atom is -0.494 e. The zero-order valence-corrected chi connectivity index (χ0v) is 17.1. The number of ether oxygens (including phenoxy) is 2. The molecule has 0 aliphatic rings. The normalized spacial score (nSPS) is 10.3. The second-order valence-corrected chi connectivity index (χ2v) is 7.01. The molecule has 152 valence electrons. The molecule has 3 rings (SSSR count). The number of esters is 1. The topological polar surface area (TPSA) is 39.9 Å². The van der Waals surface area contributed by atoms with Crippen molar-refractivity contribution in [3.05, 3.63) is 89.8 Å². The Morgan fingerprint density at radius 3 is 2.00 bits per heavy atom. The van der Waals surface area contributed by atoms with E-state index in [-0.39, 0.29) is 0 Å². The summed E-state index contributed by atoms with van der Waals surface area (Å²) in [6.07, 6.45) is 4.64. The molecule has 3 aromatic rings. The maximum Gasteiger partial charge on any atom is 0.343 e. The van der Waals surface area contributed by atoms with Crippen LogP contribution < -0.4 is 9.47 Å². The average molecular weight is 399 g/mol. The third kappa shape index (κ3) is 5.96. The fraction of sp³-hybridized carbons (Fsp3) is 0.231. The Bertz CT molecular complexity index is 984. The van der Waals surface area contributed by atoms with Crippen molar-refractivity contribution in [1.29, 1.82) is 0 Å². The van der Waals surface area contributed by atoms with Gasteiger partial charge in [-0.25, -0.2) is 9.64 Å². The first kappa shape index (κ1) is 21.1. The fourth-order valence-electron chi connectivity index (χ4n) is 3.02. The Kier molecular flexibility index (Phi) is 7.63. The number of hydrogen-bond donors (Lipinski definition) is 0. The summed E-state index contributed by atoms with van der Waals surface area (Å²) in [7, 11) is 0. The average Bonchev–Trinajstić information content (AvgIpc) is 2.80. The molecule has 4 heteroatoms. The van der Waals surface area contributed by atoms with Crippen molar-refractivity contribution < 1.29 is 14.3 Å². The van der Waals surface area contributed by atoms with E-state index in [1.165, 1.54) is 19.3 Å². The maximum atomic E-state index is 12.4. The van der Waals surface area contributed by atoms with Crippen molar-refractivity contribution >= 4 is 11.7 Å². The molecule has 0 bridgehead atoms. The fourth-order valence-corrected chi connectivity index (χ4v) is 3.02. The van der Waals surface area contributed by atoms with Gasteiger partial charge in [0, 0.05) is 0 Å². The maximum absolute atomic E-state index is 12.4. The molecule has 3 aromatic carbocycles. The van der Waals surface area contributed by atoms with Crippen LogP contribution in [0.5, 0.6) is 11.5 Å². The number of nitrogens with zero attached hydrogens (tertiary/aromatic N) is 1. The first-order chi connectivity index (χ1) is 14.7. The van der Waals surface area contributed by atoms with Crippen molar-refractivity contribution in [3.8, 4) is 22.6 Å². The molecule has 0 unspecified atom stereocenters. The van der Waals surface area contributed by atoms with Gasteiger partial charge in [-0.2, -0.15) is 0 Å². The van der Waals surface area contributed by atoms with Crippen LogP contribution in [0.25, 0.3) is 16.0 Å². The molecule has 0 saturated carbocycles. The highest BCUT2D eigenvalue weighted by molar-refractivity contribution is 5.91. The summed E-state index contributed by atoms with van der Waals surface area (Å²) in [5.74, 6) is 0.841. The van der Waals surface area contributed by atoms with Gasteiger partial charge in [0.25, 0.3) is 0 Å². The van der Waals surface area contributed by atoms with Crippen LogP contribution in [0.1, 0.15) is 43.0 Å². The molecule has 0 N–H and O–H groups in total. The molecule has 0 aliphatic carbocycles. The molecule has 30 heavy (non-hydrogen) atoms. The first-order valence-electron chi connectivity index (χ1n) is 10.2. The van der Waals surface area contributed by atoms with E-state index in [2.05, 4.69) is 11.8 Å². The van der Waals surface area contributed by atoms with Crippen LogP contribution in [0.2, 0.25) is 0 Å². The highest BCUT2D eigenvalue weighted by Gasteiger charge is 2.09. The lowest BCUT2D eigenvalue weighted by atomic mass is 10.1. The van der Waals surface area contributed by atoms with Crippen molar-refractivity contribution in [1.82, 2.24) is 0 Å². The molecule has 0 aliphatic heterocycles. The molecule has 0 heterocycles. The first-order valence-corrected chi connectivity index (χ1v) is 10.2. The lowest BCUT2D eigenvalue weighted by Crippen LogP contribution is -2.08. The van der Waals surface area contributed by atoms with Gasteiger partial charge in [-0.3, -0.25) is 0 Å². The third-order valence-corrected chi connectivity index (χ3v) is 4.75. The molecular formula is C26H25NO3. The Morgan fingerprint density at radius 1 is 0.800 bits per heavy atom.